The SMILES string of the molecule is C[C@H](Nc1ccc(C(=O)NO)nc1)c1ccccc1. The number of carbonyl (C=O) groups is 1. The molecule has 3 N–H and O–H groups in total. The highest BCUT2D eigenvalue weighted by Gasteiger charge is 2.07. The monoisotopic (exact) mass is 257 g/mol. The fourth-order valence-corrected chi connectivity index (χ4v) is 1.75. The Labute approximate surface area is 111 Å². The fourth-order valence-electron chi connectivity index (χ4n) is 1.75. The van der Waals surface area contributed by atoms with Gasteiger partial charge in [-0.3, -0.25) is 10.0 Å². The molecule has 0 spiro atoms. The van der Waals surface area contributed by atoms with E-state index in [0.717, 1.165) is 5.69 Å². The first-order valence-corrected chi connectivity index (χ1v) is 5.92. The summed E-state index contributed by atoms with van der Waals surface area (Å²) < 4.78 is 0. The van der Waals surface area contributed by atoms with Gasteiger partial charge in [0.25, 0.3) is 5.91 Å². The Kier molecular flexibility index (Phi) is 4.10. The number of hydrogen-bond acceptors (Lipinski definition) is 4. The van der Waals surface area contributed by atoms with Crippen LogP contribution in [-0.4, -0.2) is 16.1 Å². The molecule has 5 heteroatoms. The van der Waals surface area contributed by atoms with Crippen molar-refractivity contribution in [2.75, 3.05) is 5.32 Å². The van der Waals surface area contributed by atoms with E-state index in [-0.39, 0.29) is 11.7 Å². The van der Waals surface area contributed by atoms with Crippen molar-refractivity contribution in [3.63, 3.8) is 0 Å². The van der Waals surface area contributed by atoms with Crippen molar-refractivity contribution in [2.45, 2.75) is 13.0 Å². The van der Waals surface area contributed by atoms with E-state index in [1.807, 2.05) is 37.3 Å². The lowest BCUT2D eigenvalue weighted by Gasteiger charge is -2.15. The van der Waals surface area contributed by atoms with Crippen molar-refractivity contribution in [1.29, 1.82) is 0 Å². The number of amides is 1. The van der Waals surface area contributed by atoms with Crippen molar-refractivity contribution >= 4 is 11.6 Å². The van der Waals surface area contributed by atoms with Gasteiger partial charge in [-0.15, -0.1) is 0 Å². The van der Waals surface area contributed by atoms with Crippen LogP contribution < -0.4 is 10.8 Å². The predicted molar refractivity (Wildman–Crippen MR) is 72.0 cm³/mol. The van der Waals surface area contributed by atoms with Crippen molar-refractivity contribution in [3.05, 3.63) is 59.9 Å². The van der Waals surface area contributed by atoms with Crippen molar-refractivity contribution in [2.24, 2.45) is 0 Å². The number of carbonyl (C=O) groups excluding carboxylic acids is 1. The number of nitrogens with zero attached hydrogens (tertiary/aromatic N) is 1. The number of nitrogens with one attached hydrogen (secondary N) is 2. The number of hydrogen-bond donors (Lipinski definition) is 3. The Morgan fingerprint density at radius 3 is 2.53 bits per heavy atom. The second-order valence-electron chi connectivity index (χ2n) is 4.15. The highest BCUT2D eigenvalue weighted by atomic mass is 16.5. The van der Waals surface area contributed by atoms with Crippen LogP contribution in [0.4, 0.5) is 5.69 Å². The van der Waals surface area contributed by atoms with Crippen LogP contribution >= 0.6 is 0 Å². The average Bonchev–Trinajstić information content (AvgIpc) is 2.48. The Morgan fingerprint density at radius 2 is 1.95 bits per heavy atom. The minimum atomic E-state index is -0.623. The van der Waals surface area contributed by atoms with Gasteiger partial charge in [0, 0.05) is 6.04 Å². The molecule has 0 aliphatic heterocycles. The number of aromatic nitrogens is 1. The number of benzene rings is 1. The summed E-state index contributed by atoms with van der Waals surface area (Å²) in [7, 11) is 0. The molecule has 0 unspecified atom stereocenters. The number of pyridine rings is 1. The van der Waals surface area contributed by atoms with Crippen LogP contribution in [0.2, 0.25) is 0 Å². The summed E-state index contributed by atoms with van der Waals surface area (Å²) >= 11 is 0. The average molecular weight is 257 g/mol. The van der Waals surface area contributed by atoms with Gasteiger partial charge >= 0.3 is 0 Å². The molecule has 1 atom stereocenters. The zero-order chi connectivity index (χ0) is 13.7. The van der Waals surface area contributed by atoms with Crippen LogP contribution in [0, 0.1) is 0 Å². The van der Waals surface area contributed by atoms with Gasteiger partial charge < -0.3 is 5.32 Å². The van der Waals surface area contributed by atoms with E-state index in [1.165, 1.54) is 5.56 Å². The summed E-state index contributed by atoms with van der Waals surface area (Å²) in [6.07, 6.45) is 1.56. The van der Waals surface area contributed by atoms with Crippen LogP contribution in [0.25, 0.3) is 0 Å². The highest BCUT2D eigenvalue weighted by molar-refractivity contribution is 5.91. The quantitative estimate of drug-likeness (QED) is 0.580. The Morgan fingerprint density at radius 1 is 1.21 bits per heavy atom. The third-order valence-electron chi connectivity index (χ3n) is 2.78. The Balaban J connectivity index is 2.06. The normalized spacial score (nSPS) is 11.7. The molecule has 1 aromatic heterocycles. The maximum Gasteiger partial charge on any atom is 0.293 e. The maximum absolute atomic E-state index is 11.1. The third-order valence-corrected chi connectivity index (χ3v) is 2.78. The van der Waals surface area contributed by atoms with Gasteiger partial charge in [-0.05, 0) is 24.6 Å². The summed E-state index contributed by atoms with van der Waals surface area (Å²) in [6.45, 7) is 2.05. The molecular formula is C14H15N3O2. The maximum atomic E-state index is 11.1. The van der Waals surface area contributed by atoms with E-state index in [4.69, 9.17) is 5.21 Å². The van der Waals surface area contributed by atoms with E-state index < -0.39 is 5.91 Å². The lowest BCUT2D eigenvalue weighted by molar-refractivity contribution is 0.0701. The standard InChI is InChI=1S/C14H15N3O2/c1-10(11-5-3-2-4-6-11)16-12-7-8-13(15-9-12)14(18)17-19/h2-10,16,19H,1H3,(H,17,18)/t10-/m0/s1. The van der Waals surface area contributed by atoms with Gasteiger partial charge in [0.1, 0.15) is 5.69 Å². The molecule has 5 nitrogen and oxygen atoms in total. The molecule has 1 amide bonds. The van der Waals surface area contributed by atoms with Gasteiger partial charge in [0.05, 0.1) is 11.9 Å². The first kappa shape index (κ1) is 13.0. The molecule has 2 aromatic rings. The van der Waals surface area contributed by atoms with Gasteiger partial charge in [-0.25, -0.2) is 10.5 Å². The topological polar surface area (TPSA) is 74.2 Å². The molecule has 0 bridgehead atoms. The molecule has 0 fully saturated rings. The van der Waals surface area contributed by atoms with Crippen LogP contribution in [0.1, 0.15) is 29.0 Å². The number of anilines is 1. The summed E-state index contributed by atoms with van der Waals surface area (Å²) in [5, 5.41) is 11.8. The lowest BCUT2D eigenvalue weighted by atomic mass is 10.1. The van der Waals surface area contributed by atoms with E-state index >= 15 is 0 Å². The minimum absolute atomic E-state index is 0.139. The molecule has 0 saturated heterocycles. The molecule has 19 heavy (non-hydrogen) atoms. The highest BCUT2D eigenvalue weighted by Crippen LogP contribution is 2.18. The molecule has 1 aromatic carbocycles. The smallest absolute Gasteiger partial charge is 0.293 e. The Bertz CT molecular complexity index is 540. The van der Waals surface area contributed by atoms with Gasteiger partial charge in [-0.1, -0.05) is 30.3 Å². The number of rotatable bonds is 4. The second-order valence-corrected chi connectivity index (χ2v) is 4.15. The molecule has 2 rings (SSSR count). The predicted octanol–water partition coefficient (Wildman–Crippen LogP) is 2.37. The largest absolute Gasteiger partial charge is 0.377 e. The third kappa shape index (κ3) is 3.29. The van der Waals surface area contributed by atoms with Crippen LogP contribution in [-0.2, 0) is 0 Å². The van der Waals surface area contributed by atoms with Crippen molar-refractivity contribution in [3.8, 4) is 0 Å². The Hall–Kier alpha value is -2.40. The second kappa shape index (κ2) is 5.97. The molecule has 0 radical (unpaired) electrons. The summed E-state index contributed by atoms with van der Waals surface area (Å²) in [4.78, 5) is 15.1. The molecule has 0 aliphatic carbocycles. The van der Waals surface area contributed by atoms with E-state index in [2.05, 4.69) is 10.3 Å². The van der Waals surface area contributed by atoms with E-state index in [1.54, 1.807) is 23.8 Å². The molecule has 0 saturated carbocycles. The van der Waals surface area contributed by atoms with Crippen molar-refractivity contribution < 1.29 is 10.0 Å². The molecule has 1 heterocycles. The fraction of sp³-hybridized carbons (Fsp3) is 0.143. The van der Waals surface area contributed by atoms with Crippen LogP contribution in [0.3, 0.4) is 0 Å². The first-order valence-electron chi connectivity index (χ1n) is 5.92. The molecule has 0 aliphatic rings. The zero-order valence-electron chi connectivity index (χ0n) is 10.5. The van der Waals surface area contributed by atoms with Gasteiger partial charge in [0.2, 0.25) is 0 Å². The summed E-state index contributed by atoms with van der Waals surface area (Å²) in [5.74, 6) is -0.623. The van der Waals surface area contributed by atoms with Gasteiger partial charge in [0.15, 0.2) is 0 Å². The lowest BCUT2D eigenvalue weighted by Crippen LogP contribution is -2.19. The van der Waals surface area contributed by atoms with Crippen LogP contribution in [0.5, 0.6) is 0 Å². The van der Waals surface area contributed by atoms with Crippen LogP contribution in [0.15, 0.2) is 48.7 Å². The van der Waals surface area contributed by atoms with E-state index in [0.29, 0.717) is 0 Å². The summed E-state index contributed by atoms with van der Waals surface area (Å²) in [6, 6.07) is 13.5. The first-order chi connectivity index (χ1) is 9.20. The molecule has 98 valence electrons. The zero-order valence-corrected chi connectivity index (χ0v) is 10.5. The van der Waals surface area contributed by atoms with E-state index in [9.17, 15) is 4.79 Å². The number of hydroxylamine groups is 1. The molecular weight excluding hydrogens is 242 g/mol. The minimum Gasteiger partial charge on any atom is -0.377 e. The van der Waals surface area contributed by atoms with Gasteiger partial charge in [-0.2, -0.15) is 0 Å². The van der Waals surface area contributed by atoms with Crippen molar-refractivity contribution in [1.82, 2.24) is 10.5 Å². The summed E-state index contributed by atoms with van der Waals surface area (Å²) in [5.41, 5.74) is 3.69.